The van der Waals surface area contributed by atoms with E-state index in [4.69, 9.17) is 0 Å². The molecule has 3 aromatic rings. The van der Waals surface area contributed by atoms with Gasteiger partial charge in [-0.15, -0.1) is 11.3 Å². The van der Waals surface area contributed by atoms with Crippen LogP contribution in [0.2, 0.25) is 0 Å². The van der Waals surface area contributed by atoms with Gasteiger partial charge in [-0.3, -0.25) is 0 Å². The van der Waals surface area contributed by atoms with Crippen molar-refractivity contribution in [1.29, 1.82) is 0 Å². The van der Waals surface area contributed by atoms with Gasteiger partial charge in [0.25, 0.3) is 0 Å². The third-order valence-corrected chi connectivity index (χ3v) is 3.36. The quantitative estimate of drug-likeness (QED) is 0.684. The number of rotatable bonds is 2. The van der Waals surface area contributed by atoms with Gasteiger partial charge < -0.3 is 14.3 Å². The molecule has 0 spiro atoms. The van der Waals surface area contributed by atoms with Crippen molar-refractivity contribution in [2.75, 3.05) is 0 Å². The lowest BCUT2D eigenvalue weighted by molar-refractivity contribution is -0.255. The summed E-state index contributed by atoms with van der Waals surface area (Å²) in [6, 6.07) is 6.94. The van der Waals surface area contributed by atoms with Crippen LogP contribution in [0.4, 0.5) is 0 Å². The van der Waals surface area contributed by atoms with E-state index in [1.54, 1.807) is 21.9 Å². The minimum atomic E-state index is -1.19. The second-order valence-electron chi connectivity index (χ2n) is 3.57. The monoisotopic (exact) mass is 243 g/mol. The minimum Gasteiger partial charge on any atom is -0.545 e. The molecule has 0 radical (unpaired) electrons. The van der Waals surface area contributed by atoms with Crippen molar-refractivity contribution >= 4 is 23.0 Å². The van der Waals surface area contributed by atoms with Gasteiger partial charge in [0.1, 0.15) is 5.65 Å². The predicted molar refractivity (Wildman–Crippen MR) is 62.8 cm³/mol. The highest BCUT2D eigenvalue weighted by molar-refractivity contribution is 7.13. The fourth-order valence-corrected chi connectivity index (χ4v) is 2.33. The smallest absolute Gasteiger partial charge is 0.138 e. The van der Waals surface area contributed by atoms with Gasteiger partial charge in [0.05, 0.1) is 16.5 Å². The lowest BCUT2D eigenvalue weighted by Gasteiger charge is -2.01. The molecule has 84 valence electrons. The van der Waals surface area contributed by atoms with Crippen molar-refractivity contribution in [3.63, 3.8) is 0 Å². The number of carbonyl (C=O) groups excluding carboxylic acids is 1. The molecule has 0 unspecified atom stereocenters. The number of fused-ring (bicyclic) bond motifs is 1. The molecule has 0 fully saturated rings. The van der Waals surface area contributed by atoms with Crippen LogP contribution in [0.3, 0.4) is 0 Å². The van der Waals surface area contributed by atoms with Gasteiger partial charge in [0.2, 0.25) is 0 Å². The molecule has 0 aliphatic heterocycles. The van der Waals surface area contributed by atoms with Crippen LogP contribution >= 0.6 is 11.3 Å². The van der Waals surface area contributed by atoms with Crippen molar-refractivity contribution in [1.82, 2.24) is 9.38 Å². The van der Waals surface area contributed by atoms with Crippen molar-refractivity contribution in [2.45, 2.75) is 0 Å². The molecule has 0 amide bonds. The maximum atomic E-state index is 10.7. The molecule has 0 aromatic carbocycles. The molecule has 17 heavy (non-hydrogen) atoms. The molecule has 0 saturated heterocycles. The number of nitrogens with zero attached hydrogens (tertiary/aromatic N) is 2. The van der Waals surface area contributed by atoms with Crippen molar-refractivity contribution in [3.8, 4) is 10.6 Å². The molecule has 5 heteroatoms. The summed E-state index contributed by atoms with van der Waals surface area (Å²) in [5.41, 5.74) is 1.59. The second-order valence-corrected chi connectivity index (χ2v) is 4.52. The van der Waals surface area contributed by atoms with E-state index in [9.17, 15) is 9.90 Å². The molecule has 3 heterocycles. The van der Waals surface area contributed by atoms with Crippen molar-refractivity contribution < 1.29 is 9.90 Å². The highest BCUT2D eigenvalue weighted by Gasteiger charge is 2.05. The predicted octanol–water partition coefficient (Wildman–Crippen LogP) is 1.43. The summed E-state index contributed by atoms with van der Waals surface area (Å²) in [6.07, 6.45) is 3.55. The zero-order valence-corrected chi connectivity index (χ0v) is 9.48. The summed E-state index contributed by atoms with van der Waals surface area (Å²) in [6.45, 7) is 0. The number of carboxylic acids is 1. The third-order valence-electron chi connectivity index (χ3n) is 2.47. The second kappa shape index (κ2) is 3.71. The summed E-state index contributed by atoms with van der Waals surface area (Å²) >= 11 is 1.60. The van der Waals surface area contributed by atoms with Gasteiger partial charge in [-0.05, 0) is 23.6 Å². The standard InChI is InChI=1S/C12H8N2O2S/c15-12(16)8-3-4-14-7-9(13-11(14)6-8)10-2-1-5-17-10/h1-7H,(H,15,16)/p-1. The Morgan fingerprint density at radius 3 is 3.00 bits per heavy atom. The number of aromatic carboxylic acids is 1. The SMILES string of the molecule is O=C([O-])c1ccn2cc(-c3cccs3)nc2c1. The Labute approximate surface area is 101 Å². The molecule has 0 aliphatic rings. The van der Waals surface area contributed by atoms with E-state index < -0.39 is 5.97 Å². The van der Waals surface area contributed by atoms with Crippen molar-refractivity contribution in [3.05, 3.63) is 47.6 Å². The van der Waals surface area contributed by atoms with Crippen LogP contribution in [0.25, 0.3) is 16.2 Å². The Balaban J connectivity index is 2.16. The van der Waals surface area contributed by atoms with Crippen LogP contribution in [0.1, 0.15) is 10.4 Å². The number of aromatic nitrogens is 2. The maximum absolute atomic E-state index is 10.7. The Hall–Kier alpha value is -2.14. The summed E-state index contributed by atoms with van der Waals surface area (Å²) in [5.74, 6) is -1.19. The number of carbonyl (C=O) groups is 1. The third kappa shape index (κ3) is 1.70. The molecule has 0 saturated carbocycles. The summed E-state index contributed by atoms with van der Waals surface area (Å²) < 4.78 is 1.79. The van der Waals surface area contributed by atoms with Crippen LogP contribution < -0.4 is 5.11 Å². The zero-order valence-electron chi connectivity index (χ0n) is 8.66. The van der Waals surface area contributed by atoms with Gasteiger partial charge in [-0.1, -0.05) is 6.07 Å². The first-order chi connectivity index (χ1) is 8.24. The van der Waals surface area contributed by atoms with Gasteiger partial charge in [0.15, 0.2) is 0 Å². The van der Waals surface area contributed by atoms with Crippen LogP contribution in [0.15, 0.2) is 42.0 Å². The first-order valence-corrected chi connectivity index (χ1v) is 5.86. The van der Waals surface area contributed by atoms with Gasteiger partial charge in [-0.25, -0.2) is 4.98 Å². The fourth-order valence-electron chi connectivity index (χ4n) is 1.65. The van der Waals surface area contributed by atoms with Gasteiger partial charge in [-0.2, -0.15) is 0 Å². The molecule has 4 nitrogen and oxygen atoms in total. The number of carboxylic acid groups (broad SMARTS) is 1. The minimum absolute atomic E-state index is 0.140. The maximum Gasteiger partial charge on any atom is 0.138 e. The van der Waals surface area contributed by atoms with E-state index in [-0.39, 0.29) is 5.56 Å². The zero-order chi connectivity index (χ0) is 11.8. The molecule has 0 atom stereocenters. The topological polar surface area (TPSA) is 57.4 Å². The van der Waals surface area contributed by atoms with E-state index in [0.29, 0.717) is 5.65 Å². The number of hydrogen-bond acceptors (Lipinski definition) is 4. The Morgan fingerprint density at radius 1 is 1.41 bits per heavy atom. The molecule has 0 aliphatic carbocycles. The van der Waals surface area contributed by atoms with Crippen LogP contribution in [-0.4, -0.2) is 15.4 Å². The van der Waals surface area contributed by atoms with Crippen LogP contribution in [0.5, 0.6) is 0 Å². The molecule has 3 aromatic heterocycles. The number of imidazole rings is 1. The van der Waals surface area contributed by atoms with E-state index in [0.717, 1.165) is 10.6 Å². The summed E-state index contributed by atoms with van der Waals surface area (Å²) in [5, 5.41) is 12.7. The number of pyridine rings is 1. The van der Waals surface area contributed by atoms with E-state index in [1.165, 1.54) is 12.1 Å². The van der Waals surface area contributed by atoms with Crippen LogP contribution in [0, 0.1) is 0 Å². The normalized spacial score (nSPS) is 10.8. The lowest BCUT2D eigenvalue weighted by atomic mass is 10.3. The molecule has 0 bridgehead atoms. The molecule has 0 N–H and O–H groups in total. The molecular weight excluding hydrogens is 236 g/mol. The Kier molecular flexibility index (Phi) is 2.19. The molecular formula is C12H7N2O2S-. The average Bonchev–Trinajstić information content (AvgIpc) is 2.96. The summed E-state index contributed by atoms with van der Waals surface area (Å²) in [7, 11) is 0. The largest absolute Gasteiger partial charge is 0.545 e. The molecule has 3 rings (SSSR count). The van der Waals surface area contributed by atoms with Gasteiger partial charge >= 0.3 is 0 Å². The van der Waals surface area contributed by atoms with Crippen molar-refractivity contribution in [2.24, 2.45) is 0 Å². The first kappa shape index (κ1) is 10.0. The van der Waals surface area contributed by atoms with Crippen LogP contribution in [-0.2, 0) is 0 Å². The Bertz CT molecular complexity index is 686. The lowest BCUT2D eigenvalue weighted by Crippen LogP contribution is -2.22. The van der Waals surface area contributed by atoms with Gasteiger partial charge in [0, 0.05) is 18.0 Å². The highest BCUT2D eigenvalue weighted by Crippen LogP contribution is 2.24. The first-order valence-electron chi connectivity index (χ1n) is 4.98. The average molecular weight is 243 g/mol. The Morgan fingerprint density at radius 2 is 2.29 bits per heavy atom. The highest BCUT2D eigenvalue weighted by atomic mass is 32.1. The number of thiophene rings is 1. The number of hydrogen-bond donors (Lipinski definition) is 0. The van der Waals surface area contributed by atoms with E-state index in [1.807, 2.05) is 23.7 Å². The van der Waals surface area contributed by atoms with E-state index >= 15 is 0 Å². The van der Waals surface area contributed by atoms with E-state index in [2.05, 4.69) is 4.98 Å². The summed E-state index contributed by atoms with van der Waals surface area (Å²) in [4.78, 5) is 16.2. The fraction of sp³-hybridized carbons (Fsp3) is 0.